The standard InChI is InChI=1S/C13H22N4O2/c1-10(2)7-17-13(14-9-15-17)8-19-12-5-3-11(16-18)4-6-12/h9-10,12,18H,3-8H2,1-2H3. The molecule has 0 aromatic carbocycles. The molecule has 0 amide bonds. The first-order valence-corrected chi connectivity index (χ1v) is 6.87. The maximum atomic E-state index is 8.70. The van der Waals surface area contributed by atoms with E-state index in [-0.39, 0.29) is 6.10 Å². The predicted molar refractivity (Wildman–Crippen MR) is 71.1 cm³/mol. The maximum absolute atomic E-state index is 8.70. The Morgan fingerprint density at radius 1 is 1.47 bits per heavy atom. The summed E-state index contributed by atoms with van der Waals surface area (Å²) in [7, 11) is 0. The fourth-order valence-corrected chi connectivity index (χ4v) is 2.28. The molecule has 19 heavy (non-hydrogen) atoms. The van der Waals surface area contributed by atoms with Gasteiger partial charge in [0.15, 0.2) is 5.82 Å². The minimum absolute atomic E-state index is 0.231. The Morgan fingerprint density at radius 3 is 2.84 bits per heavy atom. The summed E-state index contributed by atoms with van der Waals surface area (Å²) in [4.78, 5) is 4.25. The van der Waals surface area contributed by atoms with Gasteiger partial charge in [-0.25, -0.2) is 9.67 Å². The number of rotatable bonds is 5. The Kier molecular flexibility index (Phi) is 4.90. The van der Waals surface area contributed by atoms with Gasteiger partial charge in [-0.05, 0) is 31.6 Å². The number of oxime groups is 1. The summed E-state index contributed by atoms with van der Waals surface area (Å²) in [5.74, 6) is 1.42. The Labute approximate surface area is 113 Å². The van der Waals surface area contributed by atoms with E-state index in [0.717, 1.165) is 43.8 Å². The van der Waals surface area contributed by atoms with Crippen molar-refractivity contribution >= 4 is 5.71 Å². The zero-order chi connectivity index (χ0) is 13.7. The van der Waals surface area contributed by atoms with E-state index in [1.54, 1.807) is 6.33 Å². The van der Waals surface area contributed by atoms with E-state index in [1.165, 1.54) is 0 Å². The Morgan fingerprint density at radius 2 is 2.21 bits per heavy atom. The fraction of sp³-hybridized carbons (Fsp3) is 0.769. The molecule has 0 atom stereocenters. The summed E-state index contributed by atoms with van der Waals surface area (Å²) in [5, 5.41) is 16.2. The van der Waals surface area contributed by atoms with Crippen LogP contribution in [0.4, 0.5) is 0 Å². The highest BCUT2D eigenvalue weighted by molar-refractivity contribution is 5.84. The van der Waals surface area contributed by atoms with Crippen LogP contribution in [0.25, 0.3) is 0 Å². The molecule has 2 rings (SSSR count). The lowest BCUT2D eigenvalue weighted by atomic mass is 9.96. The van der Waals surface area contributed by atoms with Gasteiger partial charge in [-0.3, -0.25) is 0 Å². The fourth-order valence-electron chi connectivity index (χ4n) is 2.28. The van der Waals surface area contributed by atoms with Gasteiger partial charge in [0.05, 0.1) is 11.8 Å². The molecule has 1 aliphatic carbocycles. The largest absolute Gasteiger partial charge is 0.411 e. The molecule has 6 heteroatoms. The lowest BCUT2D eigenvalue weighted by Crippen LogP contribution is -2.22. The molecule has 1 saturated carbocycles. The molecule has 1 aromatic rings. The molecule has 1 N–H and O–H groups in total. The van der Waals surface area contributed by atoms with Crippen molar-refractivity contribution < 1.29 is 9.94 Å². The van der Waals surface area contributed by atoms with Crippen LogP contribution in [0.5, 0.6) is 0 Å². The van der Waals surface area contributed by atoms with Gasteiger partial charge in [0, 0.05) is 6.54 Å². The second-order valence-corrected chi connectivity index (χ2v) is 5.43. The first-order valence-electron chi connectivity index (χ1n) is 6.87. The van der Waals surface area contributed by atoms with Crippen LogP contribution >= 0.6 is 0 Å². The Bertz CT molecular complexity index is 418. The highest BCUT2D eigenvalue weighted by Gasteiger charge is 2.19. The van der Waals surface area contributed by atoms with Crippen LogP contribution in [0, 0.1) is 5.92 Å². The van der Waals surface area contributed by atoms with Crippen molar-refractivity contribution in [1.82, 2.24) is 14.8 Å². The molecule has 1 fully saturated rings. The first-order chi connectivity index (χ1) is 9.19. The molecule has 1 aromatic heterocycles. The van der Waals surface area contributed by atoms with Crippen LogP contribution in [-0.4, -0.2) is 31.8 Å². The van der Waals surface area contributed by atoms with Gasteiger partial charge in [-0.2, -0.15) is 5.10 Å². The lowest BCUT2D eigenvalue weighted by molar-refractivity contribution is 0.0220. The van der Waals surface area contributed by atoms with Gasteiger partial charge in [-0.1, -0.05) is 19.0 Å². The van der Waals surface area contributed by atoms with Gasteiger partial charge < -0.3 is 9.94 Å². The summed E-state index contributed by atoms with van der Waals surface area (Å²) in [5.41, 5.74) is 0.878. The maximum Gasteiger partial charge on any atom is 0.152 e. The average Bonchev–Trinajstić information content (AvgIpc) is 2.83. The minimum Gasteiger partial charge on any atom is -0.411 e. The van der Waals surface area contributed by atoms with E-state index in [1.807, 2.05) is 4.68 Å². The van der Waals surface area contributed by atoms with Crippen molar-refractivity contribution in [2.24, 2.45) is 11.1 Å². The van der Waals surface area contributed by atoms with Gasteiger partial charge in [0.1, 0.15) is 12.9 Å². The van der Waals surface area contributed by atoms with E-state index in [4.69, 9.17) is 9.94 Å². The normalized spacial score (nSPS) is 19.9. The smallest absolute Gasteiger partial charge is 0.152 e. The van der Waals surface area contributed by atoms with Gasteiger partial charge in [0.25, 0.3) is 0 Å². The number of hydrogen-bond donors (Lipinski definition) is 1. The van der Waals surface area contributed by atoms with Crippen LogP contribution in [0.2, 0.25) is 0 Å². The molecule has 0 spiro atoms. The quantitative estimate of drug-likeness (QED) is 0.655. The molecule has 0 bridgehead atoms. The van der Waals surface area contributed by atoms with Crippen LogP contribution in [0.3, 0.4) is 0 Å². The van der Waals surface area contributed by atoms with E-state index in [2.05, 4.69) is 29.1 Å². The second-order valence-electron chi connectivity index (χ2n) is 5.43. The van der Waals surface area contributed by atoms with E-state index in [9.17, 15) is 0 Å². The molecule has 106 valence electrons. The number of ether oxygens (including phenoxy) is 1. The van der Waals surface area contributed by atoms with Crippen LogP contribution in [0.1, 0.15) is 45.4 Å². The van der Waals surface area contributed by atoms with Crippen LogP contribution < -0.4 is 0 Å². The molecular formula is C13H22N4O2. The summed E-state index contributed by atoms with van der Waals surface area (Å²) in [6, 6.07) is 0. The van der Waals surface area contributed by atoms with Gasteiger partial charge in [-0.15, -0.1) is 0 Å². The SMILES string of the molecule is CC(C)Cn1ncnc1COC1CCC(=NO)CC1. The Hall–Kier alpha value is -1.43. The van der Waals surface area contributed by atoms with Crippen molar-refractivity contribution in [2.45, 2.75) is 58.8 Å². The third kappa shape index (κ3) is 4.02. The molecule has 0 radical (unpaired) electrons. The van der Waals surface area contributed by atoms with Crippen LogP contribution in [0.15, 0.2) is 11.5 Å². The third-order valence-electron chi connectivity index (χ3n) is 3.33. The van der Waals surface area contributed by atoms with E-state index >= 15 is 0 Å². The predicted octanol–water partition coefficient (Wildman–Crippen LogP) is 2.22. The van der Waals surface area contributed by atoms with Crippen LogP contribution in [-0.2, 0) is 17.9 Å². The molecule has 6 nitrogen and oxygen atoms in total. The highest BCUT2D eigenvalue weighted by Crippen LogP contribution is 2.20. The van der Waals surface area contributed by atoms with Gasteiger partial charge in [0.2, 0.25) is 0 Å². The molecule has 0 saturated heterocycles. The molecule has 0 aliphatic heterocycles. The number of nitrogens with zero attached hydrogens (tertiary/aromatic N) is 4. The average molecular weight is 266 g/mol. The topological polar surface area (TPSA) is 72.5 Å². The summed E-state index contributed by atoms with van der Waals surface area (Å²) in [6.07, 6.45) is 5.28. The van der Waals surface area contributed by atoms with Crippen molar-refractivity contribution in [3.05, 3.63) is 12.2 Å². The Balaban J connectivity index is 1.81. The van der Waals surface area contributed by atoms with E-state index < -0.39 is 0 Å². The number of hydrogen-bond acceptors (Lipinski definition) is 5. The third-order valence-corrected chi connectivity index (χ3v) is 3.33. The molecular weight excluding hydrogens is 244 g/mol. The lowest BCUT2D eigenvalue weighted by Gasteiger charge is -2.22. The first kappa shape index (κ1) is 14.0. The molecule has 0 unspecified atom stereocenters. The summed E-state index contributed by atoms with van der Waals surface area (Å²) >= 11 is 0. The summed E-state index contributed by atoms with van der Waals surface area (Å²) in [6.45, 7) is 5.68. The van der Waals surface area contributed by atoms with Crippen molar-refractivity contribution in [3.8, 4) is 0 Å². The van der Waals surface area contributed by atoms with Crippen molar-refractivity contribution in [1.29, 1.82) is 0 Å². The minimum atomic E-state index is 0.231. The van der Waals surface area contributed by atoms with E-state index in [0.29, 0.717) is 12.5 Å². The number of aromatic nitrogens is 3. The zero-order valence-electron chi connectivity index (χ0n) is 11.6. The second kappa shape index (κ2) is 6.65. The molecule has 1 heterocycles. The monoisotopic (exact) mass is 266 g/mol. The summed E-state index contributed by atoms with van der Waals surface area (Å²) < 4.78 is 7.79. The highest BCUT2D eigenvalue weighted by atomic mass is 16.5. The van der Waals surface area contributed by atoms with Crippen molar-refractivity contribution in [3.63, 3.8) is 0 Å². The molecule has 1 aliphatic rings. The van der Waals surface area contributed by atoms with Gasteiger partial charge >= 0.3 is 0 Å². The zero-order valence-corrected chi connectivity index (χ0v) is 11.6. The van der Waals surface area contributed by atoms with Crippen molar-refractivity contribution in [2.75, 3.05) is 0 Å².